The molecule has 4 saturated carbocycles. The van der Waals surface area contributed by atoms with Crippen molar-refractivity contribution in [3.63, 3.8) is 0 Å². The van der Waals surface area contributed by atoms with Gasteiger partial charge in [-0.1, -0.05) is 23.3 Å². The zero-order valence-corrected chi connectivity index (χ0v) is 20.5. The zero-order valence-electron chi connectivity index (χ0n) is 20.5. The van der Waals surface area contributed by atoms with E-state index in [1.807, 2.05) is 6.92 Å². The molecule has 0 aliphatic heterocycles. The summed E-state index contributed by atoms with van der Waals surface area (Å²) >= 11 is 0. The summed E-state index contributed by atoms with van der Waals surface area (Å²) in [4.78, 5) is 13.9. The first-order valence-corrected chi connectivity index (χ1v) is 12.7. The lowest BCUT2D eigenvalue weighted by Crippen LogP contribution is -2.55. The summed E-state index contributed by atoms with van der Waals surface area (Å²) in [7, 11) is 0. The molecule has 5 nitrogen and oxygen atoms in total. The van der Waals surface area contributed by atoms with Crippen LogP contribution in [-0.2, 0) is 6.54 Å². The molecule has 1 aromatic rings. The molecule has 4 fully saturated rings. The SMILES string of the molecule is CC(C)=CCC/C(C)=C/CN(CCNC1C2CC3CC(C2)CC1C3)Cc1oc(=O)oc1C. The molecule has 1 N–H and O–H groups in total. The molecule has 0 radical (unpaired) electrons. The summed E-state index contributed by atoms with van der Waals surface area (Å²) in [5, 5.41) is 3.95. The van der Waals surface area contributed by atoms with Crippen molar-refractivity contribution in [2.75, 3.05) is 19.6 Å². The Hall–Kier alpha value is -1.59. The van der Waals surface area contributed by atoms with Gasteiger partial charge in [0, 0.05) is 25.7 Å². The van der Waals surface area contributed by atoms with E-state index in [2.05, 4.69) is 43.1 Å². The Kier molecular flexibility index (Phi) is 7.78. The Morgan fingerprint density at radius 3 is 2.31 bits per heavy atom. The van der Waals surface area contributed by atoms with E-state index < -0.39 is 5.82 Å². The van der Waals surface area contributed by atoms with Crippen LogP contribution in [0.25, 0.3) is 0 Å². The molecule has 0 amide bonds. The molecular formula is C27H42N2O3. The van der Waals surface area contributed by atoms with Gasteiger partial charge in [-0.25, -0.2) is 4.79 Å². The molecule has 32 heavy (non-hydrogen) atoms. The first kappa shape index (κ1) is 23.6. The molecule has 0 saturated heterocycles. The Morgan fingerprint density at radius 1 is 1.03 bits per heavy atom. The van der Waals surface area contributed by atoms with E-state index in [1.165, 1.54) is 43.3 Å². The Balaban J connectivity index is 1.32. The Labute approximate surface area is 193 Å². The van der Waals surface area contributed by atoms with Crippen molar-refractivity contribution in [3.8, 4) is 0 Å². The van der Waals surface area contributed by atoms with Crippen molar-refractivity contribution in [1.82, 2.24) is 10.2 Å². The minimum absolute atomic E-state index is 0.596. The van der Waals surface area contributed by atoms with E-state index in [9.17, 15) is 4.79 Å². The van der Waals surface area contributed by atoms with Gasteiger partial charge < -0.3 is 14.2 Å². The molecule has 0 atom stereocenters. The van der Waals surface area contributed by atoms with Crippen molar-refractivity contribution in [1.29, 1.82) is 0 Å². The highest BCUT2D eigenvalue weighted by atomic mass is 16.6. The van der Waals surface area contributed by atoms with Crippen LogP contribution in [0.2, 0.25) is 0 Å². The minimum Gasteiger partial charge on any atom is -0.396 e. The fourth-order valence-corrected chi connectivity index (χ4v) is 6.58. The van der Waals surface area contributed by atoms with Crippen LogP contribution in [0, 0.1) is 30.6 Å². The number of allylic oxidation sites excluding steroid dienone is 3. The molecule has 4 bridgehead atoms. The van der Waals surface area contributed by atoms with Gasteiger partial charge in [-0.05, 0) is 96.3 Å². The second-order valence-corrected chi connectivity index (χ2v) is 10.9. The molecule has 5 heteroatoms. The van der Waals surface area contributed by atoms with Gasteiger partial charge in [-0.2, -0.15) is 0 Å². The molecule has 4 aliphatic rings. The largest absolute Gasteiger partial charge is 0.519 e. The van der Waals surface area contributed by atoms with Crippen LogP contribution >= 0.6 is 0 Å². The van der Waals surface area contributed by atoms with Gasteiger partial charge in [0.1, 0.15) is 5.76 Å². The lowest BCUT2D eigenvalue weighted by atomic mass is 9.54. The van der Waals surface area contributed by atoms with Gasteiger partial charge in [0.05, 0.1) is 6.54 Å². The maximum atomic E-state index is 11.5. The third-order valence-corrected chi connectivity index (χ3v) is 8.03. The van der Waals surface area contributed by atoms with Crippen molar-refractivity contribution in [3.05, 3.63) is 45.4 Å². The lowest BCUT2D eigenvalue weighted by Gasteiger charge is -2.54. The lowest BCUT2D eigenvalue weighted by molar-refractivity contribution is -0.0141. The molecule has 5 rings (SSSR count). The van der Waals surface area contributed by atoms with Crippen LogP contribution in [0.3, 0.4) is 0 Å². The van der Waals surface area contributed by atoms with Crippen LogP contribution < -0.4 is 11.1 Å². The maximum Gasteiger partial charge on any atom is 0.519 e. The van der Waals surface area contributed by atoms with Crippen LogP contribution in [-0.4, -0.2) is 30.6 Å². The average Bonchev–Trinajstić information content (AvgIpc) is 3.03. The average molecular weight is 443 g/mol. The second kappa shape index (κ2) is 10.6. The predicted molar refractivity (Wildman–Crippen MR) is 129 cm³/mol. The molecule has 4 aliphatic carbocycles. The standard InChI is InChI=1S/C27H42N2O3/c1-18(2)6-5-7-19(3)8-10-29(17-25-20(4)31-27(30)32-25)11-9-28-26-23-13-21-12-22(15-23)16-24(26)14-21/h6,8,21-24,26,28H,5,7,9-17H2,1-4H3/b19-8+. The highest BCUT2D eigenvalue weighted by Crippen LogP contribution is 2.53. The molecule has 178 valence electrons. The number of nitrogens with zero attached hydrogens (tertiary/aromatic N) is 1. The number of nitrogens with one attached hydrogen (secondary N) is 1. The third kappa shape index (κ3) is 6.05. The number of rotatable bonds is 11. The van der Waals surface area contributed by atoms with Crippen molar-refractivity contribution in [2.24, 2.45) is 23.7 Å². The molecule has 0 unspecified atom stereocenters. The summed E-state index contributed by atoms with van der Waals surface area (Å²) < 4.78 is 10.4. The summed E-state index contributed by atoms with van der Waals surface area (Å²) in [5.74, 6) is 4.46. The molecular weight excluding hydrogens is 400 g/mol. The minimum atomic E-state index is -0.599. The highest BCUT2D eigenvalue weighted by Gasteiger charge is 2.47. The van der Waals surface area contributed by atoms with Gasteiger partial charge in [-0.15, -0.1) is 0 Å². The normalized spacial score (nSPS) is 29.2. The smallest absolute Gasteiger partial charge is 0.396 e. The van der Waals surface area contributed by atoms with E-state index in [4.69, 9.17) is 8.83 Å². The number of hydrogen-bond acceptors (Lipinski definition) is 5. The quantitative estimate of drug-likeness (QED) is 0.462. The van der Waals surface area contributed by atoms with Crippen molar-refractivity contribution in [2.45, 2.75) is 85.2 Å². The Morgan fingerprint density at radius 2 is 1.72 bits per heavy atom. The number of hydrogen-bond donors (Lipinski definition) is 1. The van der Waals surface area contributed by atoms with Crippen molar-refractivity contribution >= 4 is 0 Å². The number of aryl methyl sites for hydroxylation is 1. The monoisotopic (exact) mass is 442 g/mol. The van der Waals surface area contributed by atoms with Gasteiger partial charge >= 0.3 is 5.82 Å². The van der Waals surface area contributed by atoms with Crippen LogP contribution in [0.15, 0.2) is 36.9 Å². The molecule has 1 heterocycles. The summed E-state index contributed by atoms with van der Waals surface area (Å²) in [6, 6.07) is 0.708. The zero-order chi connectivity index (χ0) is 22.7. The van der Waals surface area contributed by atoms with Gasteiger partial charge in [0.25, 0.3) is 0 Å². The predicted octanol–water partition coefficient (Wildman–Crippen LogP) is 5.45. The van der Waals surface area contributed by atoms with Crippen LogP contribution in [0.5, 0.6) is 0 Å². The second-order valence-electron chi connectivity index (χ2n) is 10.9. The van der Waals surface area contributed by atoms with E-state index in [-0.39, 0.29) is 0 Å². The fraction of sp³-hybridized carbons (Fsp3) is 0.741. The highest BCUT2D eigenvalue weighted by molar-refractivity contribution is 5.05. The van der Waals surface area contributed by atoms with Gasteiger partial charge in [-0.3, -0.25) is 4.90 Å². The topological polar surface area (TPSA) is 58.6 Å². The van der Waals surface area contributed by atoms with Crippen LogP contribution in [0.1, 0.15) is 77.2 Å². The summed E-state index contributed by atoms with van der Waals surface area (Å²) in [6.45, 7) is 11.7. The van der Waals surface area contributed by atoms with Crippen molar-refractivity contribution < 1.29 is 8.83 Å². The fourth-order valence-electron chi connectivity index (χ4n) is 6.58. The molecule has 1 aromatic heterocycles. The van der Waals surface area contributed by atoms with E-state index in [1.54, 1.807) is 0 Å². The summed E-state index contributed by atoms with van der Waals surface area (Å²) in [5.41, 5.74) is 2.78. The molecule has 0 aromatic carbocycles. The van der Waals surface area contributed by atoms with Gasteiger partial charge in [0.2, 0.25) is 0 Å². The summed E-state index contributed by atoms with van der Waals surface area (Å²) in [6.07, 6.45) is 14.1. The third-order valence-electron chi connectivity index (χ3n) is 8.03. The van der Waals surface area contributed by atoms with E-state index in [0.29, 0.717) is 24.1 Å². The maximum absolute atomic E-state index is 11.5. The first-order chi connectivity index (χ1) is 15.4. The van der Waals surface area contributed by atoms with E-state index in [0.717, 1.165) is 56.1 Å². The van der Waals surface area contributed by atoms with E-state index >= 15 is 0 Å². The molecule has 0 spiro atoms. The van der Waals surface area contributed by atoms with Crippen LogP contribution in [0.4, 0.5) is 0 Å². The Bertz CT molecular complexity index is 846. The van der Waals surface area contributed by atoms with Gasteiger partial charge in [0.15, 0.2) is 5.76 Å². The first-order valence-electron chi connectivity index (χ1n) is 12.7.